The van der Waals surface area contributed by atoms with E-state index in [0.717, 1.165) is 50.0 Å². The van der Waals surface area contributed by atoms with Gasteiger partial charge in [-0.3, -0.25) is 14.5 Å². The fourth-order valence-electron chi connectivity index (χ4n) is 4.79. The summed E-state index contributed by atoms with van der Waals surface area (Å²) < 4.78 is 26.8. The van der Waals surface area contributed by atoms with Crippen molar-refractivity contribution in [1.82, 2.24) is 14.7 Å². The zero-order chi connectivity index (χ0) is 23.2. The van der Waals surface area contributed by atoms with Crippen molar-refractivity contribution < 1.29 is 18.4 Å². The van der Waals surface area contributed by atoms with Crippen molar-refractivity contribution in [3.63, 3.8) is 0 Å². The van der Waals surface area contributed by atoms with Gasteiger partial charge < -0.3 is 9.80 Å². The molecule has 0 aromatic heterocycles. The zero-order valence-electron chi connectivity index (χ0n) is 18.9. The number of rotatable bonds is 8. The molecule has 0 radical (unpaired) electrons. The minimum absolute atomic E-state index is 0.0394. The third-order valence-electron chi connectivity index (χ3n) is 6.73. The number of likely N-dealkylation sites (tertiary alicyclic amines) is 1. The minimum atomic E-state index is -0.266. The largest absolute Gasteiger partial charge is 0.339 e. The first-order chi connectivity index (χ1) is 16.0. The number of benzene rings is 2. The summed E-state index contributed by atoms with van der Waals surface area (Å²) in [7, 11) is 0. The van der Waals surface area contributed by atoms with Crippen LogP contribution >= 0.6 is 0 Å². The SMILES string of the molecule is O=C(CN1CCCC1=O)N1CCN(CCCC(c2ccc(F)cc2)c2ccc(F)cc2)CC1. The van der Waals surface area contributed by atoms with Crippen molar-refractivity contribution in [1.29, 1.82) is 0 Å². The third-order valence-corrected chi connectivity index (χ3v) is 6.73. The number of amides is 2. The van der Waals surface area contributed by atoms with Crippen LogP contribution in [0.25, 0.3) is 0 Å². The van der Waals surface area contributed by atoms with E-state index in [0.29, 0.717) is 26.1 Å². The van der Waals surface area contributed by atoms with Crippen molar-refractivity contribution >= 4 is 11.8 Å². The molecule has 2 aromatic rings. The number of carbonyl (C=O) groups is 2. The molecule has 2 aromatic carbocycles. The molecule has 0 aliphatic carbocycles. The van der Waals surface area contributed by atoms with E-state index in [1.54, 1.807) is 29.2 Å². The van der Waals surface area contributed by atoms with E-state index in [-0.39, 0.29) is 35.9 Å². The lowest BCUT2D eigenvalue weighted by Crippen LogP contribution is -2.51. The van der Waals surface area contributed by atoms with Gasteiger partial charge in [-0.2, -0.15) is 0 Å². The van der Waals surface area contributed by atoms with Crippen molar-refractivity contribution in [2.75, 3.05) is 45.8 Å². The molecule has 33 heavy (non-hydrogen) atoms. The average Bonchev–Trinajstić information content (AvgIpc) is 3.23. The minimum Gasteiger partial charge on any atom is -0.339 e. The standard InChI is InChI=1S/C26H31F2N3O2/c27-22-9-5-20(6-10-22)24(21-7-11-23(28)12-8-21)3-1-13-29-15-17-30(18-16-29)26(33)19-31-14-2-4-25(31)32/h5-12,24H,1-4,13-19H2. The molecule has 2 aliphatic rings. The summed E-state index contributed by atoms with van der Waals surface area (Å²) in [4.78, 5) is 30.2. The Morgan fingerprint density at radius 3 is 1.94 bits per heavy atom. The number of carbonyl (C=O) groups excluding carboxylic acids is 2. The average molecular weight is 456 g/mol. The molecular weight excluding hydrogens is 424 g/mol. The van der Waals surface area contributed by atoms with Gasteiger partial charge in [0, 0.05) is 45.1 Å². The molecular formula is C26H31F2N3O2. The Morgan fingerprint density at radius 1 is 0.848 bits per heavy atom. The lowest BCUT2D eigenvalue weighted by atomic mass is 9.87. The smallest absolute Gasteiger partial charge is 0.242 e. The van der Waals surface area contributed by atoms with E-state index >= 15 is 0 Å². The Kier molecular flexibility index (Phi) is 7.70. The summed E-state index contributed by atoms with van der Waals surface area (Å²) in [5.74, 6) is -0.334. The van der Waals surface area contributed by atoms with Gasteiger partial charge in [-0.25, -0.2) is 8.78 Å². The van der Waals surface area contributed by atoms with E-state index in [1.807, 2.05) is 4.90 Å². The second kappa shape index (κ2) is 10.9. The fraction of sp³-hybridized carbons (Fsp3) is 0.462. The monoisotopic (exact) mass is 455 g/mol. The third kappa shape index (κ3) is 6.16. The Labute approximate surface area is 194 Å². The fourth-order valence-corrected chi connectivity index (χ4v) is 4.79. The van der Waals surface area contributed by atoms with Gasteiger partial charge in [-0.05, 0) is 61.2 Å². The van der Waals surface area contributed by atoms with Crippen LogP contribution in [0.4, 0.5) is 8.78 Å². The first-order valence-electron chi connectivity index (χ1n) is 11.8. The summed E-state index contributed by atoms with van der Waals surface area (Å²) in [5.41, 5.74) is 2.05. The normalized spacial score (nSPS) is 17.2. The summed E-state index contributed by atoms with van der Waals surface area (Å²) >= 11 is 0. The van der Waals surface area contributed by atoms with Gasteiger partial charge in [0.1, 0.15) is 11.6 Å². The molecule has 2 fully saturated rings. The van der Waals surface area contributed by atoms with Crippen LogP contribution in [-0.4, -0.2) is 72.3 Å². The second-order valence-corrected chi connectivity index (χ2v) is 8.94. The highest BCUT2D eigenvalue weighted by Gasteiger charge is 2.27. The number of halogens is 2. The van der Waals surface area contributed by atoms with Gasteiger partial charge in [-0.1, -0.05) is 24.3 Å². The van der Waals surface area contributed by atoms with Crippen LogP contribution in [0.15, 0.2) is 48.5 Å². The molecule has 0 bridgehead atoms. The highest BCUT2D eigenvalue weighted by atomic mass is 19.1. The van der Waals surface area contributed by atoms with Crippen LogP contribution in [-0.2, 0) is 9.59 Å². The Hall–Kier alpha value is -2.80. The van der Waals surface area contributed by atoms with Crippen LogP contribution in [0, 0.1) is 11.6 Å². The number of piperazine rings is 1. The Morgan fingerprint density at radius 2 is 1.42 bits per heavy atom. The maximum atomic E-state index is 13.4. The quantitative estimate of drug-likeness (QED) is 0.611. The lowest BCUT2D eigenvalue weighted by molar-refractivity contribution is -0.139. The van der Waals surface area contributed by atoms with Crippen molar-refractivity contribution in [3.05, 3.63) is 71.3 Å². The van der Waals surface area contributed by atoms with Crippen molar-refractivity contribution in [2.24, 2.45) is 0 Å². The van der Waals surface area contributed by atoms with Crippen LogP contribution in [0.3, 0.4) is 0 Å². The van der Waals surface area contributed by atoms with E-state index in [4.69, 9.17) is 0 Å². The maximum absolute atomic E-state index is 13.4. The van der Waals surface area contributed by atoms with Gasteiger partial charge in [0.15, 0.2) is 0 Å². The molecule has 0 unspecified atom stereocenters. The van der Waals surface area contributed by atoms with Crippen LogP contribution in [0.1, 0.15) is 42.7 Å². The topological polar surface area (TPSA) is 43.9 Å². The maximum Gasteiger partial charge on any atom is 0.242 e. The van der Waals surface area contributed by atoms with E-state index in [1.165, 1.54) is 24.3 Å². The van der Waals surface area contributed by atoms with Gasteiger partial charge >= 0.3 is 0 Å². The van der Waals surface area contributed by atoms with Gasteiger partial charge in [0.05, 0.1) is 6.54 Å². The van der Waals surface area contributed by atoms with Crippen LogP contribution in [0.5, 0.6) is 0 Å². The highest BCUT2D eigenvalue weighted by Crippen LogP contribution is 2.30. The summed E-state index contributed by atoms with van der Waals surface area (Å²) in [6.07, 6.45) is 3.21. The van der Waals surface area contributed by atoms with E-state index < -0.39 is 0 Å². The number of hydrogen-bond acceptors (Lipinski definition) is 3. The molecule has 2 heterocycles. The molecule has 0 saturated carbocycles. The van der Waals surface area contributed by atoms with Crippen LogP contribution < -0.4 is 0 Å². The zero-order valence-corrected chi connectivity index (χ0v) is 18.9. The predicted octanol–water partition coefficient (Wildman–Crippen LogP) is 3.64. The highest BCUT2D eigenvalue weighted by molar-refractivity contribution is 5.85. The molecule has 0 spiro atoms. The summed E-state index contributed by atoms with van der Waals surface area (Å²) in [6, 6.07) is 13.1. The van der Waals surface area contributed by atoms with E-state index in [9.17, 15) is 18.4 Å². The van der Waals surface area contributed by atoms with Gasteiger partial charge in [-0.15, -0.1) is 0 Å². The number of hydrogen-bond donors (Lipinski definition) is 0. The Balaban J connectivity index is 1.27. The van der Waals surface area contributed by atoms with Crippen molar-refractivity contribution in [3.8, 4) is 0 Å². The van der Waals surface area contributed by atoms with Gasteiger partial charge in [0.2, 0.25) is 11.8 Å². The number of nitrogens with zero attached hydrogens (tertiary/aromatic N) is 3. The molecule has 2 saturated heterocycles. The van der Waals surface area contributed by atoms with E-state index in [2.05, 4.69) is 4.90 Å². The molecule has 2 amide bonds. The molecule has 0 N–H and O–H groups in total. The summed E-state index contributed by atoms with van der Waals surface area (Å²) in [5, 5.41) is 0. The molecule has 176 valence electrons. The molecule has 7 heteroatoms. The predicted molar refractivity (Wildman–Crippen MR) is 123 cm³/mol. The van der Waals surface area contributed by atoms with Crippen molar-refractivity contribution in [2.45, 2.75) is 31.6 Å². The summed E-state index contributed by atoms with van der Waals surface area (Å²) in [6.45, 7) is 4.80. The van der Waals surface area contributed by atoms with Crippen LogP contribution in [0.2, 0.25) is 0 Å². The molecule has 0 atom stereocenters. The Bertz CT molecular complexity index is 896. The first-order valence-corrected chi connectivity index (χ1v) is 11.8. The molecule has 4 rings (SSSR count). The second-order valence-electron chi connectivity index (χ2n) is 8.94. The van der Waals surface area contributed by atoms with Gasteiger partial charge in [0.25, 0.3) is 0 Å². The molecule has 2 aliphatic heterocycles. The molecule has 5 nitrogen and oxygen atoms in total. The lowest BCUT2D eigenvalue weighted by Gasteiger charge is -2.35. The first kappa shape index (κ1) is 23.4.